The predicted molar refractivity (Wildman–Crippen MR) is 73.9 cm³/mol. The smallest absolute Gasteiger partial charge is 0.411 e. The van der Waals surface area contributed by atoms with Gasteiger partial charge in [-0.15, -0.1) is 0 Å². The fourth-order valence-corrected chi connectivity index (χ4v) is 1.40. The van der Waals surface area contributed by atoms with Crippen molar-refractivity contribution in [1.29, 1.82) is 0 Å². The van der Waals surface area contributed by atoms with E-state index in [4.69, 9.17) is 9.47 Å². The second kappa shape index (κ2) is 6.27. The van der Waals surface area contributed by atoms with Crippen LogP contribution in [0.4, 0.5) is 10.5 Å². The summed E-state index contributed by atoms with van der Waals surface area (Å²) in [5, 5.41) is 12.1. The molecule has 0 aliphatic carbocycles. The molecule has 1 amide bonds. The van der Waals surface area contributed by atoms with Crippen LogP contribution in [0, 0.1) is 0 Å². The van der Waals surface area contributed by atoms with Crippen LogP contribution in [0.15, 0.2) is 18.2 Å². The van der Waals surface area contributed by atoms with Gasteiger partial charge in [-0.1, -0.05) is 0 Å². The number of amides is 1. The topological polar surface area (TPSA) is 84.9 Å². The largest absolute Gasteiger partial charge is 0.507 e. The highest BCUT2D eigenvalue weighted by atomic mass is 16.6. The highest BCUT2D eigenvalue weighted by molar-refractivity contribution is 5.95. The molecule has 0 atom stereocenters. The van der Waals surface area contributed by atoms with E-state index >= 15 is 0 Å². The molecule has 0 bridgehead atoms. The summed E-state index contributed by atoms with van der Waals surface area (Å²) >= 11 is 0. The van der Waals surface area contributed by atoms with E-state index in [2.05, 4.69) is 5.32 Å². The van der Waals surface area contributed by atoms with E-state index in [0.29, 0.717) is 5.69 Å². The zero-order valence-electron chi connectivity index (χ0n) is 12.0. The molecule has 0 saturated carbocycles. The van der Waals surface area contributed by atoms with Crippen molar-refractivity contribution in [2.24, 2.45) is 0 Å². The van der Waals surface area contributed by atoms with Gasteiger partial charge >= 0.3 is 12.1 Å². The first-order valence-electron chi connectivity index (χ1n) is 6.23. The molecule has 6 heteroatoms. The standard InChI is InChI=1S/C14H19NO5/c1-5-19-13(18)15-9-6-7-11(16)10(8-9)12(17)20-14(2,3)4/h6-8,16H,5H2,1-4H3,(H,15,18). The third-order valence-corrected chi connectivity index (χ3v) is 2.14. The number of ether oxygens (including phenoxy) is 2. The number of aromatic hydroxyl groups is 1. The minimum absolute atomic E-state index is 0.0192. The van der Waals surface area contributed by atoms with Crippen LogP contribution in [0.2, 0.25) is 0 Å². The van der Waals surface area contributed by atoms with Crippen molar-refractivity contribution in [2.75, 3.05) is 11.9 Å². The summed E-state index contributed by atoms with van der Waals surface area (Å²) in [4.78, 5) is 23.2. The van der Waals surface area contributed by atoms with Crippen molar-refractivity contribution in [2.45, 2.75) is 33.3 Å². The van der Waals surface area contributed by atoms with Crippen molar-refractivity contribution >= 4 is 17.7 Å². The Morgan fingerprint density at radius 3 is 2.50 bits per heavy atom. The van der Waals surface area contributed by atoms with Gasteiger partial charge in [0.1, 0.15) is 16.9 Å². The van der Waals surface area contributed by atoms with Crippen LogP contribution in [0.3, 0.4) is 0 Å². The number of hydrogen-bond acceptors (Lipinski definition) is 5. The maximum Gasteiger partial charge on any atom is 0.411 e. The Morgan fingerprint density at radius 1 is 1.30 bits per heavy atom. The van der Waals surface area contributed by atoms with E-state index in [1.165, 1.54) is 18.2 Å². The fourth-order valence-electron chi connectivity index (χ4n) is 1.40. The van der Waals surface area contributed by atoms with Crippen LogP contribution in [-0.2, 0) is 9.47 Å². The quantitative estimate of drug-likeness (QED) is 0.657. The number of phenolic OH excluding ortho intramolecular Hbond substituents is 1. The van der Waals surface area contributed by atoms with E-state index in [0.717, 1.165) is 0 Å². The molecule has 0 aliphatic rings. The Labute approximate surface area is 117 Å². The van der Waals surface area contributed by atoms with Crippen LogP contribution in [0.25, 0.3) is 0 Å². The molecule has 1 rings (SSSR count). The van der Waals surface area contributed by atoms with Gasteiger partial charge in [-0.05, 0) is 45.9 Å². The Morgan fingerprint density at radius 2 is 1.95 bits per heavy atom. The van der Waals surface area contributed by atoms with E-state index in [9.17, 15) is 14.7 Å². The Bertz CT molecular complexity index is 505. The molecule has 0 heterocycles. The molecular weight excluding hydrogens is 262 g/mol. The van der Waals surface area contributed by atoms with Crippen molar-refractivity contribution in [3.8, 4) is 5.75 Å². The number of nitrogens with one attached hydrogen (secondary N) is 1. The first-order chi connectivity index (χ1) is 9.23. The maximum atomic E-state index is 11.9. The van der Waals surface area contributed by atoms with Gasteiger partial charge in [0.25, 0.3) is 0 Å². The zero-order valence-corrected chi connectivity index (χ0v) is 12.0. The number of carbonyl (C=O) groups is 2. The van der Waals surface area contributed by atoms with Gasteiger partial charge in [0, 0.05) is 5.69 Å². The molecule has 0 fully saturated rings. The monoisotopic (exact) mass is 281 g/mol. The molecule has 0 radical (unpaired) electrons. The van der Waals surface area contributed by atoms with Crippen LogP contribution in [-0.4, -0.2) is 29.4 Å². The second-order valence-corrected chi connectivity index (χ2v) is 5.08. The van der Waals surface area contributed by atoms with E-state index in [1.807, 2.05) is 0 Å². The number of esters is 1. The van der Waals surface area contributed by atoms with Crippen molar-refractivity contribution in [3.63, 3.8) is 0 Å². The van der Waals surface area contributed by atoms with E-state index < -0.39 is 17.7 Å². The molecule has 6 nitrogen and oxygen atoms in total. The summed E-state index contributed by atoms with van der Waals surface area (Å²) in [7, 11) is 0. The molecule has 20 heavy (non-hydrogen) atoms. The van der Waals surface area contributed by atoms with Gasteiger partial charge in [0.15, 0.2) is 0 Å². The summed E-state index contributed by atoms with van der Waals surface area (Å²) in [6, 6.07) is 4.10. The van der Waals surface area contributed by atoms with Gasteiger partial charge in [0.2, 0.25) is 0 Å². The van der Waals surface area contributed by atoms with E-state index in [-0.39, 0.29) is 17.9 Å². The molecule has 0 aliphatic heterocycles. The number of phenols is 1. The third-order valence-electron chi connectivity index (χ3n) is 2.14. The van der Waals surface area contributed by atoms with E-state index in [1.54, 1.807) is 27.7 Å². The van der Waals surface area contributed by atoms with Gasteiger partial charge < -0.3 is 14.6 Å². The molecule has 2 N–H and O–H groups in total. The van der Waals surface area contributed by atoms with Gasteiger partial charge in [-0.2, -0.15) is 0 Å². The Hall–Kier alpha value is -2.24. The molecule has 0 spiro atoms. The predicted octanol–water partition coefficient (Wildman–Crippen LogP) is 2.92. The van der Waals surface area contributed by atoms with Crippen LogP contribution < -0.4 is 5.32 Å². The zero-order chi connectivity index (χ0) is 15.3. The van der Waals surface area contributed by atoms with Crippen LogP contribution in [0.5, 0.6) is 5.75 Å². The molecule has 1 aromatic carbocycles. The summed E-state index contributed by atoms with van der Waals surface area (Å²) in [5.41, 5.74) is -0.356. The first-order valence-corrected chi connectivity index (χ1v) is 6.23. The summed E-state index contributed by atoms with van der Waals surface area (Å²) in [6.45, 7) is 7.10. The number of carbonyl (C=O) groups excluding carboxylic acids is 2. The SMILES string of the molecule is CCOC(=O)Nc1ccc(O)c(C(=O)OC(C)(C)C)c1. The normalized spacial score (nSPS) is 10.8. The van der Waals surface area contributed by atoms with Crippen LogP contribution >= 0.6 is 0 Å². The van der Waals surface area contributed by atoms with Crippen LogP contribution in [0.1, 0.15) is 38.1 Å². The minimum Gasteiger partial charge on any atom is -0.507 e. The first kappa shape index (κ1) is 15.8. The lowest BCUT2D eigenvalue weighted by molar-refractivity contribution is 0.00667. The van der Waals surface area contributed by atoms with Crippen molar-refractivity contribution in [3.05, 3.63) is 23.8 Å². The maximum absolute atomic E-state index is 11.9. The fraction of sp³-hybridized carbons (Fsp3) is 0.429. The number of hydrogen-bond donors (Lipinski definition) is 2. The Balaban J connectivity index is 2.91. The molecule has 0 aromatic heterocycles. The lowest BCUT2D eigenvalue weighted by Gasteiger charge is -2.20. The number of benzene rings is 1. The lowest BCUT2D eigenvalue weighted by atomic mass is 10.1. The molecule has 110 valence electrons. The number of anilines is 1. The Kier molecular flexibility index (Phi) is 4.96. The molecule has 0 saturated heterocycles. The summed E-state index contributed by atoms with van der Waals surface area (Å²) < 4.78 is 9.90. The van der Waals surface area contributed by atoms with Gasteiger partial charge in [-0.3, -0.25) is 5.32 Å². The van der Waals surface area contributed by atoms with Crippen molar-refractivity contribution in [1.82, 2.24) is 0 Å². The lowest BCUT2D eigenvalue weighted by Crippen LogP contribution is -2.24. The molecule has 1 aromatic rings. The van der Waals surface area contributed by atoms with Gasteiger partial charge in [0.05, 0.1) is 6.61 Å². The highest BCUT2D eigenvalue weighted by Crippen LogP contribution is 2.24. The average molecular weight is 281 g/mol. The minimum atomic E-state index is -0.673. The summed E-state index contributed by atoms with van der Waals surface area (Å²) in [5.74, 6) is -0.879. The second-order valence-electron chi connectivity index (χ2n) is 5.08. The average Bonchev–Trinajstić information content (AvgIpc) is 2.29. The third kappa shape index (κ3) is 4.79. The van der Waals surface area contributed by atoms with Gasteiger partial charge in [-0.25, -0.2) is 9.59 Å². The molecule has 0 unspecified atom stereocenters. The van der Waals surface area contributed by atoms with Crippen molar-refractivity contribution < 1.29 is 24.2 Å². The molecular formula is C14H19NO5. The highest BCUT2D eigenvalue weighted by Gasteiger charge is 2.21. The summed E-state index contributed by atoms with van der Waals surface area (Å²) in [6.07, 6.45) is -0.631. The number of rotatable bonds is 3.